The minimum atomic E-state index is -0.783. The number of aliphatic carboxylic acids is 1. The summed E-state index contributed by atoms with van der Waals surface area (Å²) in [4.78, 5) is 12.6. The molecule has 2 N–H and O–H groups in total. The second kappa shape index (κ2) is 4.72. The number of aromatic hydroxyl groups is 1. The molecule has 0 radical (unpaired) electrons. The number of carboxylic acids is 1. The Kier molecular flexibility index (Phi) is 3.47. The molecule has 17 heavy (non-hydrogen) atoms. The van der Waals surface area contributed by atoms with Crippen LogP contribution < -0.4 is 0 Å². The van der Waals surface area contributed by atoms with Gasteiger partial charge in [-0.25, -0.2) is 0 Å². The number of phenolic OH excluding ortho intramolecular Hbond substituents is 1. The predicted octanol–water partition coefficient (Wildman–Crippen LogP) is 2.22. The molecular formula is C11H11Cl2NO3. The van der Waals surface area contributed by atoms with Gasteiger partial charge in [-0.05, 0) is 12.1 Å². The zero-order valence-electron chi connectivity index (χ0n) is 8.86. The van der Waals surface area contributed by atoms with Gasteiger partial charge in [0.2, 0.25) is 0 Å². The van der Waals surface area contributed by atoms with Crippen LogP contribution in [-0.2, 0) is 11.3 Å². The number of likely N-dealkylation sites (tertiary alicyclic amines) is 1. The molecule has 0 atom stereocenters. The largest absolute Gasteiger partial charge is 0.506 e. The maximum Gasteiger partial charge on any atom is 0.309 e. The summed E-state index contributed by atoms with van der Waals surface area (Å²) >= 11 is 11.6. The summed E-state index contributed by atoms with van der Waals surface area (Å²) in [5.41, 5.74) is 0.617. The third-order valence-corrected chi connectivity index (χ3v) is 3.31. The van der Waals surface area contributed by atoms with E-state index in [2.05, 4.69) is 0 Å². The zero-order chi connectivity index (χ0) is 12.6. The second-order valence-electron chi connectivity index (χ2n) is 4.12. The molecular weight excluding hydrogens is 265 g/mol. The highest BCUT2D eigenvalue weighted by atomic mass is 35.5. The lowest BCUT2D eigenvalue weighted by atomic mass is 9.99. The molecule has 4 nitrogen and oxygen atoms in total. The lowest BCUT2D eigenvalue weighted by molar-refractivity contribution is -0.147. The van der Waals surface area contributed by atoms with Gasteiger partial charge in [0, 0.05) is 30.2 Å². The van der Waals surface area contributed by atoms with Crippen LogP contribution in [0.5, 0.6) is 5.75 Å². The molecule has 0 saturated carbocycles. The van der Waals surface area contributed by atoms with E-state index in [-0.39, 0.29) is 16.7 Å². The third-order valence-electron chi connectivity index (χ3n) is 2.81. The lowest BCUT2D eigenvalue weighted by Crippen LogP contribution is -2.49. The maximum absolute atomic E-state index is 10.6. The smallest absolute Gasteiger partial charge is 0.309 e. The Morgan fingerprint density at radius 2 is 2.06 bits per heavy atom. The van der Waals surface area contributed by atoms with Gasteiger partial charge >= 0.3 is 5.97 Å². The number of carbonyl (C=O) groups is 1. The van der Waals surface area contributed by atoms with Gasteiger partial charge in [-0.3, -0.25) is 9.69 Å². The standard InChI is InChI=1S/C11H11Cl2NO3/c12-8-1-6(10(15)9(13)2-8)3-14-4-7(5-14)11(16)17/h1-2,7,15H,3-5H2,(H,16,17). The van der Waals surface area contributed by atoms with Crippen molar-refractivity contribution < 1.29 is 15.0 Å². The number of carboxylic acid groups (broad SMARTS) is 1. The molecule has 2 rings (SSSR count). The minimum Gasteiger partial charge on any atom is -0.506 e. The zero-order valence-corrected chi connectivity index (χ0v) is 10.4. The number of nitrogens with zero attached hydrogens (tertiary/aromatic N) is 1. The first-order chi connectivity index (χ1) is 7.97. The first-order valence-corrected chi connectivity index (χ1v) is 5.85. The second-order valence-corrected chi connectivity index (χ2v) is 4.97. The fourth-order valence-corrected chi connectivity index (χ4v) is 2.37. The van der Waals surface area contributed by atoms with Gasteiger partial charge < -0.3 is 10.2 Å². The molecule has 1 aromatic carbocycles. The van der Waals surface area contributed by atoms with E-state index in [0.717, 1.165) is 0 Å². The van der Waals surface area contributed by atoms with E-state index in [1.54, 1.807) is 6.07 Å². The Morgan fingerprint density at radius 3 is 2.65 bits per heavy atom. The summed E-state index contributed by atoms with van der Waals surface area (Å²) in [5, 5.41) is 19.1. The number of benzene rings is 1. The molecule has 1 heterocycles. The van der Waals surface area contributed by atoms with Crippen molar-refractivity contribution in [1.29, 1.82) is 0 Å². The number of halogens is 2. The van der Waals surface area contributed by atoms with Crippen molar-refractivity contribution in [2.45, 2.75) is 6.54 Å². The van der Waals surface area contributed by atoms with Crippen molar-refractivity contribution in [3.8, 4) is 5.75 Å². The van der Waals surface area contributed by atoms with Crippen LogP contribution in [0.25, 0.3) is 0 Å². The van der Waals surface area contributed by atoms with Crippen molar-refractivity contribution in [3.63, 3.8) is 0 Å². The molecule has 1 saturated heterocycles. The Balaban J connectivity index is 2.03. The molecule has 0 amide bonds. The van der Waals surface area contributed by atoms with E-state index in [4.69, 9.17) is 28.3 Å². The molecule has 0 bridgehead atoms. The van der Waals surface area contributed by atoms with Crippen LogP contribution in [-0.4, -0.2) is 34.2 Å². The predicted molar refractivity (Wildman–Crippen MR) is 64.5 cm³/mol. The lowest BCUT2D eigenvalue weighted by Gasteiger charge is -2.36. The molecule has 1 aromatic rings. The Bertz CT molecular complexity index is 458. The van der Waals surface area contributed by atoms with Crippen LogP contribution in [0.15, 0.2) is 12.1 Å². The highest BCUT2D eigenvalue weighted by Gasteiger charge is 2.32. The van der Waals surface area contributed by atoms with Crippen molar-refractivity contribution in [3.05, 3.63) is 27.7 Å². The van der Waals surface area contributed by atoms with E-state index in [9.17, 15) is 9.90 Å². The van der Waals surface area contributed by atoms with Crippen molar-refractivity contribution in [1.82, 2.24) is 4.90 Å². The molecule has 0 spiro atoms. The number of rotatable bonds is 3. The molecule has 1 aliphatic rings. The molecule has 0 aromatic heterocycles. The van der Waals surface area contributed by atoms with Crippen molar-refractivity contribution in [2.24, 2.45) is 5.92 Å². The summed E-state index contributed by atoms with van der Waals surface area (Å²) in [6.45, 7) is 1.42. The van der Waals surface area contributed by atoms with Crippen LogP contribution in [0, 0.1) is 5.92 Å². The Labute approximate surface area is 108 Å². The summed E-state index contributed by atoms with van der Waals surface area (Å²) in [6.07, 6.45) is 0. The summed E-state index contributed by atoms with van der Waals surface area (Å²) < 4.78 is 0. The molecule has 92 valence electrons. The molecule has 0 unspecified atom stereocenters. The van der Waals surface area contributed by atoms with Crippen LogP contribution in [0.2, 0.25) is 10.0 Å². The molecule has 1 fully saturated rings. The van der Waals surface area contributed by atoms with Crippen LogP contribution in [0.1, 0.15) is 5.56 Å². The van der Waals surface area contributed by atoms with Gasteiger partial charge in [0.1, 0.15) is 5.75 Å². The Morgan fingerprint density at radius 1 is 1.41 bits per heavy atom. The highest BCUT2D eigenvalue weighted by Crippen LogP contribution is 2.33. The normalized spacial score (nSPS) is 16.8. The fourth-order valence-electron chi connectivity index (χ4n) is 1.84. The first-order valence-electron chi connectivity index (χ1n) is 5.09. The number of hydrogen-bond donors (Lipinski definition) is 2. The molecule has 1 aliphatic heterocycles. The van der Waals surface area contributed by atoms with Gasteiger partial charge in [0.25, 0.3) is 0 Å². The summed E-state index contributed by atoms with van der Waals surface area (Å²) in [5.74, 6) is -1.09. The van der Waals surface area contributed by atoms with Gasteiger partial charge in [0.15, 0.2) is 0 Å². The van der Waals surface area contributed by atoms with E-state index in [1.807, 2.05) is 4.90 Å². The van der Waals surface area contributed by atoms with Gasteiger partial charge in [-0.15, -0.1) is 0 Å². The molecule has 6 heteroatoms. The number of hydrogen-bond acceptors (Lipinski definition) is 3. The van der Waals surface area contributed by atoms with E-state index < -0.39 is 5.97 Å². The van der Waals surface area contributed by atoms with Gasteiger partial charge in [0.05, 0.1) is 10.9 Å². The van der Waals surface area contributed by atoms with Crippen molar-refractivity contribution >= 4 is 29.2 Å². The van der Waals surface area contributed by atoms with Crippen LogP contribution in [0.4, 0.5) is 0 Å². The van der Waals surface area contributed by atoms with E-state index in [0.29, 0.717) is 30.2 Å². The maximum atomic E-state index is 10.6. The first kappa shape index (κ1) is 12.5. The quantitative estimate of drug-likeness (QED) is 0.888. The minimum absolute atomic E-state index is 0.00911. The topological polar surface area (TPSA) is 60.8 Å². The molecule has 0 aliphatic carbocycles. The van der Waals surface area contributed by atoms with Crippen LogP contribution >= 0.6 is 23.2 Å². The summed E-state index contributed by atoms with van der Waals surface area (Å²) in [6, 6.07) is 3.11. The van der Waals surface area contributed by atoms with Gasteiger partial charge in [-0.1, -0.05) is 23.2 Å². The summed E-state index contributed by atoms with van der Waals surface area (Å²) in [7, 11) is 0. The average Bonchev–Trinajstić information content (AvgIpc) is 2.17. The average molecular weight is 276 g/mol. The SMILES string of the molecule is O=C(O)C1CN(Cc2cc(Cl)cc(Cl)c2O)C1. The van der Waals surface area contributed by atoms with Crippen molar-refractivity contribution in [2.75, 3.05) is 13.1 Å². The number of phenols is 1. The van der Waals surface area contributed by atoms with E-state index in [1.165, 1.54) is 6.07 Å². The Hall–Kier alpha value is -0.970. The monoisotopic (exact) mass is 275 g/mol. The third kappa shape index (κ3) is 2.65. The van der Waals surface area contributed by atoms with Gasteiger partial charge in [-0.2, -0.15) is 0 Å². The fraction of sp³-hybridized carbons (Fsp3) is 0.364. The van der Waals surface area contributed by atoms with E-state index >= 15 is 0 Å². The highest BCUT2D eigenvalue weighted by molar-refractivity contribution is 6.35. The van der Waals surface area contributed by atoms with Crippen LogP contribution in [0.3, 0.4) is 0 Å².